The van der Waals surface area contributed by atoms with Crippen molar-refractivity contribution in [2.24, 2.45) is 5.73 Å². The zero-order chi connectivity index (χ0) is 12.3. The highest BCUT2D eigenvalue weighted by Crippen LogP contribution is 2.26. The van der Waals surface area contributed by atoms with Crippen molar-refractivity contribution in [2.75, 3.05) is 18.0 Å². The van der Waals surface area contributed by atoms with Gasteiger partial charge in [0.15, 0.2) is 0 Å². The zero-order valence-corrected chi connectivity index (χ0v) is 10.6. The van der Waals surface area contributed by atoms with Crippen LogP contribution in [0.1, 0.15) is 31.2 Å². The van der Waals surface area contributed by atoms with Gasteiger partial charge in [0.2, 0.25) is 0 Å². The summed E-state index contributed by atoms with van der Waals surface area (Å²) in [5.74, 6) is 0.0896. The number of halogens is 1. The largest absolute Gasteiger partial charge is 0.384 e. The first-order valence-corrected chi connectivity index (χ1v) is 6.45. The second-order valence-corrected chi connectivity index (χ2v) is 4.91. The summed E-state index contributed by atoms with van der Waals surface area (Å²) in [5, 5.41) is 8.27. The van der Waals surface area contributed by atoms with Gasteiger partial charge in [-0.15, -0.1) is 0 Å². The second kappa shape index (κ2) is 5.41. The minimum absolute atomic E-state index is 0.0896. The smallest absolute Gasteiger partial charge is 0.124 e. The fourth-order valence-electron chi connectivity index (χ4n) is 2.31. The molecule has 0 atom stereocenters. The third-order valence-corrected chi connectivity index (χ3v) is 3.43. The molecule has 3 nitrogen and oxygen atoms in total. The van der Waals surface area contributed by atoms with Crippen molar-refractivity contribution >= 4 is 23.1 Å². The molecule has 0 unspecified atom stereocenters. The highest BCUT2D eigenvalue weighted by Gasteiger charge is 2.15. The fourth-order valence-corrected chi connectivity index (χ4v) is 2.48. The zero-order valence-electron chi connectivity index (χ0n) is 9.88. The summed E-state index contributed by atoms with van der Waals surface area (Å²) in [6.07, 6.45) is 5.00. The van der Waals surface area contributed by atoms with Crippen molar-refractivity contribution in [2.45, 2.75) is 25.7 Å². The Kier molecular flexibility index (Phi) is 3.89. The first-order chi connectivity index (χ1) is 8.18. The number of nitrogens with two attached hydrogens (primary N) is 1. The van der Waals surface area contributed by atoms with E-state index in [1.165, 1.54) is 25.7 Å². The maximum absolute atomic E-state index is 7.64. The minimum Gasteiger partial charge on any atom is -0.384 e. The molecule has 3 N–H and O–H groups in total. The highest BCUT2D eigenvalue weighted by molar-refractivity contribution is 6.31. The Balaban J connectivity index is 2.32. The van der Waals surface area contributed by atoms with Gasteiger partial charge in [-0.05, 0) is 31.0 Å². The minimum atomic E-state index is 0.0896. The number of rotatable bonds is 2. The Morgan fingerprint density at radius 1 is 1.18 bits per heavy atom. The number of nitrogens with one attached hydrogen (secondary N) is 1. The Hall–Kier alpha value is -1.22. The van der Waals surface area contributed by atoms with Crippen molar-refractivity contribution in [3.8, 4) is 0 Å². The Labute approximate surface area is 107 Å². The van der Waals surface area contributed by atoms with Gasteiger partial charge in [0.25, 0.3) is 0 Å². The highest BCUT2D eigenvalue weighted by atomic mass is 35.5. The van der Waals surface area contributed by atoms with Crippen LogP contribution in [0.5, 0.6) is 0 Å². The van der Waals surface area contributed by atoms with Crippen molar-refractivity contribution < 1.29 is 0 Å². The quantitative estimate of drug-likeness (QED) is 0.627. The van der Waals surface area contributed by atoms with E-state index in [0.717, 1.165) is 24.3 Å². The van der Waals surface area contributed by atoms with Crippen LogP contribution < -0.4 is 10.6 Å². The van der Waals surface area contributed by atoms with Gasteiger partial charge in [0.1, 0.15) is 5.84 Å². The van der Waals surface area contributed by atoms with Crippen LogP contribution in [-0.4, -0.2) is 18.9 Å². The molecule has 0 bridgehead atoms. The summed E-state index contributed by atoms with van der Waals surface area (Å²) in [6.45, 7) is 2.09. The van der Waals surface area contributed by atoms with Crippen LogP contribution in [0.4, 0.5) is 5.69 Å². The van der Waals surface area contributed by atoms with Crippen LogP contribution in [0.25, 0.3) is 0 Å². The maximum atomic E-state index is 7.64. The maximum Gasteiger partial charge on any atom is 0.124 e. The molecule has 1 fully saturated rings. The van der Waals surface area contributed by atoms with E-state index in [-0.39, 0.29) is 5.84 Å². The van der Waals surface area contributed by atoms with Gasteiger partial charge in [-0.25, -0.2) is 0 Å². The van der Waals surface area contributed by atoms with Crippen LogP contribution in [0.3, 0.4) is 0 Å². The molecule has 1 heterocycles. The first kappa shape index (κ1) is 12.2. The fraction of sp³-hybridized carbons (Fsp3) is 0.462. The topological polar surface area (TPSA) is 53.1 Å². The third-order valence-electron chi connectivity index (χ3n) is 3.20. The number of nitrogens with zero attached hydrogens (tertiary/aromatic N) is 1. The summed E-state index contributed by atoms with van der Waals surface area (Å²) in [7, 11) is 0. The van der Waals surface area contributed by atoms with Gasteiger partial charge < -0.3 is 10.6 Å². The van der Waals surface area contributed by atoms with E-state index in [1.54, 1.807) is 6.07 Å². The van der Waals surface area contributed by atoms with E-state index < -0.39 is 0 Å². The van der Waals surface area contributed by atoms with Crippen LogP contribution in [0.15, 0.2) is 18.2 Å². The molecular formula is C13H18ClN3. The molecular weight excluding hydrogens is 234 g/mol. The molecule has 1 aromatic rings. The summed E-state index contributed by atoms with van der Waals surface area (Å²) in [4.78, 5) is 2.32. The SMILES string of the molecule is N=C(N)c1cc(Cl)ccc1N1CCCCCC1. The molecule has 92 valence electrons. The van der Waals surface area contributed by atoms with Gasteiger partial charge in [0, 0.05) is 29.4 Å². The van der Waals surface area contributed by atoms with E-state index >= 15 is 0 Å². The number of nitrogen functional groups attached to an aromatic ring is 1. The summed E-state index contributed by atoms with van der Waals surface area (Å²) < 4.78 is 0. The molecule has 4 heteroatoms. The standard InChI is InChI=1S/C13H18ClN3/c14-10-5-6-12(11(9-10)13(15)16)17-7-3-1-2-4-8-17/h5-6,9H,1-4,7-8H2,(H3,15,16). The number of hydrogen-bond donors (Lipinski definition) is 2. The first-order valence-electron chi connectivity index (χ1n) is 6.07. The van der Waals surface area contributed by atoms with Crippen molar-refractivity contribution in [1.29, 1.82) is 5.41 Å². The van der Waals surface area contributed by atoms with Gasteiger partial charge in [-0.3, -0.25) is 5.41 Å². The molecule has 0 saturated carbocycles. The molecule has 0 spiro atoms. The summed E-state index contributed by atoms with van der Waals surface area (Å²) in [5.41, 5.74) is 7.42. The van der Waals surface area contributed by atoms with Crippen LogP contribution in [0, 0.1) is 5.41 Å². The summed E-state index contributed by atoms with van der Waals surface area (Å²) in [6, 6.07) is 5.63. The lowest BCUT2D eigenvalue weighted by Crippen LogP contribution is -2.27. The molecule has 1 aromatic carbocycles. The number of hydrogen-bond acceptors (Lipinski definition) is 2. The average Bonchev–Trinajstić information content (AvgIpc) is 2.57. The number of anilines is 1. The van der Waals surface area contributed by atoms with Crippen molar-refractivity contribution in [1.82, 2.24) is 0 Å². The van der Waals surface area contributed by atoms with Crippen LogP contribution in [-0.2, 0) is 0 Å². The molecule has 0 amide bonds. The van der Waals surface area contributed by atoms with Gasteiger partial charge in [-0.2, -0.15) is 0 Å². The third kappa shape index (κ3) is 2.91. The lowest BCUT2D eigenvalue weighted by atomic mass is 10.1. The van der Waals surface area contributed by atoms with Gasteiger partial charge in [0.05, 0.1) is 0 Å². The molecule has 1 aliphatic heterocycles. The van der Waals surface area contributed by atoms with E-state index in [4.69, 9.17) is 22.7 Å². The Morgan fingerprint density at radius 3 is 2.41 bits per heavy atom. The Bertz CT molecular complexity index is 409. The molecule has 0 aromatic heterocycles. The molecule has 1 aliphatic rings. The van der Waals surface area contributed by atoms with Crippen molar-refractivity contribution in [3.63, 3.8) is 0 Å². The van der Waals surface area contributed by atoms with Crippen LogP contribution in [0.2, 0.25) is 5.02 Å². The lowest BCUT2D eigenvalue weighted by molar-refractivity contribution is 0.726. The van der Waals surface area contributed by atoms with Gasteiger partial charge >= 0.3 is 0 Å². The van der Waals surface area contributed by atoms with Gasteiger partial charge in [-0.1, -0.05) is 24.4 Å². The number of amidine groups is 1. The predicted octanol–water partition coefficient (Wildman–Crippen LogP) is 3.00. The van der Waals surface area contributed by atoms with E-state index in [9.17, 15) is 0 Å². The predicted molar refractivity (Wildman–Crippen MR) is 73.1 cm³/mol. The van der Waals surface area contributed by atoms with E-state index in [1.807, 2.05) is 12.1 Å². The normalized spacial score (nSPS) is 16.6. The lowest BCUT2D eigenvalue weighted by Gasteiger charge is -2.25. The molecule has 0 radical (unpaired) electrons. The van der Waals surface area contributed by atoms with Crippen LogP contribution >= 0.6 is 11.6 Å². The molecule has 0 aliphatic carbocycles. The Morgan fingerprint density at radius 2 is 1.82 bits per heavy atom. The summed E-state index contributed by atoms with van der Waals surface area (Å²) >= 11 is 5.96. The molecule has 17 heavy (non-hydrogen) atoms. The van der Waals surface area contributed by atoms with E-state index in [0.29, 0.717) is 5.02 Å². The van der Waals surface area contributed by atoms with E-state index in [2.05, 4.69) is 4.90 Å². The second-order valence-electron chi connectivity index (χ2n) is 4.48. The molecule has 1 saturated heterocycles. The monoisotopic (exact) mass is 251 g/mol. The average molecular weight is 252 g/mol. The van der Waals surface area contributed by atoms with Crippen molar-refractivity contribution in [3.05, 3.63) is 28.8 Å². The number of benzene rings is 1. The molecule has 2 rings (SSSR count).